The monoisotopic (exact) mass is 263 g/mol. The number of aromatic carboxylic acids is 1. The van der Waals surface area contributed by atoms with Crippen molar-refractivity contribution in [2.24, 2.45) is 0 Å². The summed E-state index contributed by atoms with van der Waals surface area (Å²) in [5.41, 5.74) is 3.79. The van der Waals surface area contributed by atoms with E-state index in [0.717, 1.165) is 17.9 Å². The molecule has 0 spiro atoms. The first-order chi connectivity index (χ1) is 8.58. The van der Waals surface area contributed by atoms with Crippen LogP contribution in [0.5, 0.6) is 0 Å². The zero-order chi connectivity index (χ0) is 13.1. The number of anilines is 1. The molecule has 0 fully saturated rings. The van der Waals surface area contributed by atoms with Gasteiger partial charge >= 0.3 is 5.97 Å². The number of hydrogen-bond donors (Lipinski definition) is 1. The van der Waals surface area contributed by atoms with Crippen LogP contribution in [0.25, 0.3) is 0 Å². The minimum absolute atomic E-state index is 0.0566. The second-order valence-corrected chi connectivity index (χ2v) is 4.86. The van der Waals surface area contributed by atoms with Crippen LogP contribution >= 0.6 is 11.3 Å². The quantitative estimate of drug-likeness (QED) is 0.915. The largest absolute Gasteiger partial charge is 0.477 e. The number of nitrogens with zero attached hydrogens (tertiary/aromatic N) is 3. The topological polar surface area (TPSA) is 66.3 Å². The number of aryl methyl sites for hydroxylation is 1. The third-order valence-corrected chi connectivity index (χ3v) is 3.55. The molecule has 0 unspecified atom stereocenters. The Morgan fingerprint density at radius 2 is 2.22 bits per heavy atom. The van der Waals surface area contributed by atoms with E-state index in [0.29, 0.717) is 0 Å². The molecule has 1 N–H and O–H groups in total. The fourth-order valence-electron chi connectivity index (χ4n) is 1.52. The summed E-state index contributed by atoms with van der Waals surface area (Å²) in [6, 6.07) is 3.26. The van der Waals surface area contributed by atoms with Gasteiger partial charge < -0.3 is 10.0 Å². The lowest BCUT2D eigenvalue weighted by molar-refractivity contribution is 0.0690. The van der Waals surface area contributed by atoms with Gasteiger partial charge in [-0.25, -0.2) is 14.8 Å². The second-order valence-electron chi connectivity index (χ2n) is 3.92. The molecule has 0 aliphatic carbocycles. The van der Waals surface area contributed by atoms with Crippen molar-refractivity contribution in [3.05, 3.63) is 40.1 Å². The molecule has 2 rings (SSSR count). The molecule has 0 bridgehead atoms. The van der Waals surface area contributed by atoms with Crippen LogP contribution in [-0.4, -0.2) is 28.1 Å². The van der Waals surface area contributed by atoms with Crippen LogP contribution in [0.1, 0.15) is 21.1 Å². The maximum absolute atomic E-state index is 10.7. The van der Waals surface area contributed by atoms with Crippen molar-refractivity contribution in [3.63, 3.8) is 0 Å². The van der Waals surface area contributed by atoms with Gasteiger partial charge in [0.25, 0.3) is 0 Å². The van der Waals surface area contributed by atoms with Crippen molar-refractivity contribution >= 4 is 23.0 Å². The summed E-state index contributed by atoms with van der Waals surface area (Å²) in [4.78, 5) is 22.0. The zero-order valence-electron chi connectivity index (χ0n) is 10.1. The molecule has 0 aliphatic heterocycles. The highest BCUT2D eigenvalue weighted by Gasteiger charge is 2.09. The van der Waals surface area contributed by atoms with Crippen LogP contribution in [0.4, 0.5) is 5.69 Å². The lowest BCUT2D eigenvalue weighted by Gasteiger charge is -2.18. The van der Waals surface area contributed by atoms with Crippen LogP contribution in [0, 0.1) is 6.92 Å². The van der Waals surface area contributed by atoms with E-state index in [9.17, 15) is 4.79 Å². The molecule has 0 amide bonds. The minimum atomic E-state index is -1.01. The van der Waals surface area contributed by atoms with Crippen LogP contribution in [0.15, 0.2) is 23.8 Å². The van der Waals surface area contributed by atoms with Crippen molar-refractivity contribution in [2.45, 2.75) is 13.5 Å². The number of carboxylic acids is 1. The van der Waals surface area contributed by atoms with Crippen molar-refractivity contribution in [2.75, 3.05) is 11.9 Å². The molecule has 0 aromatic carbocycles. The summed E-state index contributed by atoms with van der Waals surface area (Å²) in [5.74, 6) is -1.01. The van der Waals surface area contributed by atoms with Crippen LogP contribution in [0.2, 0.25) is 0 Å². The first kappa shape index (κ1) is 12.5. The first-order valence-corrected chi connectivity index (χ1v) is 6.25. The van der Waals surface area contributed by atoms with E-state index in [1.807, 2.05) is 24.4 Å². The molecule has 2 heterocycles. The molecule has 0 saturated heterocycles. The average Bonchev–Trinajstić information content (AvgIpc) is 2.75. The predicted octanol–water partition coefficient (Wildman–Crippen LogP) is 2.18. The lowest BCUT2D eigenvalue weighted by Crippen LogP contribution is -2.16. The highest BCUT2D eigenvalue weighted by molar-refractivity contribution is 7.09. The van der Waals surface area contributed by atoms with E-state index >= 15 is 0 Å². The molecule has 0 radical (unpaired) electrons. The summed E-state index contributed by atoms with van der Waals surface area (Å²) in [7, 11) is 1.94. The summed E-state index contributed by atoms with van der Waals surface area (Å²) in [6.45, 7) is 2.72. The van der Waals surface area contributed by atoms with E-state index in [-0.39, 0.29) is 5.69 Å². The fourth-order valence-corrected chi connectivity index (χ4v) is 2.35. The van der Waals surface area contributed by atoms with Gasteiger partial charge in [-0.1, -0.05) is 0 Å². The fraction of sp³-hybridized carbons (Fsp3) is 0.250. The van der Waals surface area contributed by atoms with E-state index in [2.05, 4.69) is 9.97 Å². The average molecular weight is 263 g/mol. The zero-order valence-corrected chi connectivity index (χ0v) is 10.9. The first-order valence-electron chi connectivity index (χ1n) is 5.37. The SMILES string of the molecule is Cc1ncsc1CN(C)c1ccc(C(=O)O)nc1. The minimum Gasteiger partial charge on any atom is -0.477 e. The maximum Gasteiger partial charge on any atom is 0.354 e. The van der Waals surface area contributed by atoms with Crippen molar-refractivity contribution in [3.8, 4) is 0 Å². The number of thiazole rings is 1. The highest BCUT2D eigenvalue weighted by atomic mass is 32.1. The number of carbonyl (C=O) groups is 1. The third kappa shape index (κ3) is 2.65. The Morgan fingerprint density at radius 3 is 2.72 bits per heavy atom. The van der Waals surface area contributed by atoms with Gasteiger partial charge in [0.1, 0.15) is 5.69 Å². The Hall–Kier alpha value is -1.95. The predicted molar refractivity (Wildman–Crippen MR) is 70.2 cm³/mol. The van der Waals surface area contributed by atoms with Gasteiger partial charge in [-0.2, -0.15) is 0 Å². The third-order valence-electron chi connectivity index (χ3n) is 2.63. The van der Waals surface area contributed by atoms with Gasteiger partial charge in [0.05, 0.1) is 29.6 Å². The second kappa shape index (κ2) is 5.14. The molecule has 18 heavy (non-hydrogen) atoms. The molecule has 2 aromatic rings. The van der Waals surface area contributed by atoms with Gasteiger partial charge in [0.15, 0.2) is 0 Å². The molecule has 0 aliphatic rings. The standard InChI is InChI=1S/C12H13N3O2S/c1-8-11(18-7-14-8)6-15(2)9-3-4-10(12(16)17)13-5-9/h3-5,7H,6H2,1-2H3,(H,16,17). The Bertz CT molecular complexity index is 551. The Morgan fingerprint density at radius 1 is 1.44 bits per heavy atom. The molecule has 0 atom stereocenters. The smallest absolute Gasteiger partial charge is 0.354 e. The molecule has 94 valence electrons. The van der Waals surface area contributed by atoms with Crippen LogP contribution in [0.3, 0.4) is 0 Å². The van der Waals surface area contributed by atoms with Crippen LogP contribution in [-0.2, 0) is 6.54 Å². The molecule has 2 aromatic heterocycles. The van der Waals surface area contributed by atoms with E-state index in [1.165, 1.54) is 10.9 Å². The van der Waals surface area contributed by atoms with Crippen LogP contribution < -0.4 is 4.90 Å². The molecular weight excluding hydrogens is 250 g/mol. The summed E-state index contributed by atoms with van der Waals surface area (Å²) >= 11 is 1.61. The number of hydrogen-bond acceptors (Lipinski definition) is 5. The Kier molecular flexibility index (Phi) is 3.57. The van der Waals surface area contributed by atoms with Gasteiger partial charge in [-0.3, -0.25) is 0 Å². The summed E-state index contributed by atoms with van der Waals surface area (Å²) < 4.78 is 0. The number of pyridine rings is 1. The number of rotatable bonds is 4. The van der Waals surface area contributed by atoms with E-state index < -0.39 is 5.97 Å². The lowest BCUT2D eigenvalue weighted by atomic mass is 10.3. The van der Waals surface area contributed by atoms with Gasteiger partial charge in [0, 0.05) is 11.9 Å². The van der Waals surface area contributed by atoms with E-state index in [1.54, 1.807) is 23.6 Å². The molecule has 5 nitrogen and oxygen atoms in total. The van der Waals surface area contributed by atoms with Crippen molar-refractivity contribution in [1.29, 1.82) is 0 Å². The highest BCUT2D eigenvalue weighted by Crippen LogP contribution is 2.19. The summed E-state index contributed by atoms with van der Waals surface area (Å²) in [5, 5.41) is 8.78. The molecular formula is C12H13N3O2S. The molecule has 6 heteroatoms. The van der Waals surface area contributed by atoms with Crippen molar-refractivity contribution < 1.29 is 9.90 Å². The summed E-state index contributed by atoms with van der Waals surface area (Å²) in [6.07, 6.45) is 1.57. The Balaban J connectivity index is 2.12. The molecule has 0 saturated carbocycles. The normalized spacial score (nSPS) is 10.3. The van der Waals surface area contributed by atoms with Gasteiger partial charge in [-0.05, 0) is 19.1 Å². The van der Waals surface area contributed by atoms with Crippen molar-refractivity contribution in [1.82, 2.24) is 9.97 Å². The van der Waals surface area contributed by atoms with E-state index in [4.69, 9.17) is 5.11 Å². The maximum atomic E-state index is 10.7. The number of carboxylic acid groups (broad SMARTS) is 1. The number of aromatic nitrogens is 2. The van der Waals surface area contributed by atoms with Gasteiger partial charge in [0.2, 0.25) is 0 Å². The van der Waals surface area contributed by atoms with Gasteiger partial charge in [-0.15, -0.1) is 11.3 Å². The Labute approximate surface area is 109 Å².